The summed E-state index contributed by atoms with van der Waals surface area (Å²) in [4.78, 5) is 0. The number of aliphatic hydroxyl groups excluding tert-OH is 3. The van der Waals surface area contributed by atoms with Crippen LogP contribution >= 0.6 is 0 Å². The van der Waals surface area contributed by atoms with Crippen LogP contribution in [0, 0.1) is 0 Å². The smallest absolute Gasteiger partial charge is 0.184 e. The maximum absolute atomic E-state index is 9.94. The molecule has 3 rings (SSSR count). The van der Waals surface area contributed by atoms with Gasteiger partial charge in [0.2, 0.25) is 0 Å². The number of hydrogen-bond donors (Lipinski definition) is 3. The van der Waals surface area contributed by atoms with Gasteiger partial charge < -0.3 is 29.5 Å². The molecule has 0 spiro atoms. The summed E-state index contributed by atoms with van der Waals surface area (Å²) in [5.74, 6) is 0. The molecule has 0 saturated carbocycles. The summed E-state index contributed by atoms with van der Waals surface area (Å²) in [7, 11) is 0. The average Bonchev–Trinajstić information content (AvgIpc) is 2.46. The molecule has 2 saturated heterocycles. The van der Waals surface area contributed by atoms with Gasteiger partial charge in [0.15, 0.2) is 12.6 Å². The van der Waals surface area contributed by atoms with Gasteiger partial charge in [0.05, 0.1) is 6.61 Å². The van der Waals surface area contributed by atoms with Gasteiger partial charge >= 0.3 is 0 Å². The number of hydrogen-bond acceptors (Lipinski definition) is 6. The van der Waals surface area contributed by atoms with Crippen molar-refractivity contribution in [3.63, 3.8) is 0 Å². The first-order valence-electron chi connectivity index (χ1n) is 6.18. The highest BCUT2D eigenvalue weighted by molar-refractivity contribution is 5.16. The largest absolute Gasteiger partial charge is 0.387 e. The molecule has 1 aromatic carbocycles. The minimum atomic E-state index is -1.42. The van der Waals surface area contributed by atoms with Crippen molar-refractivity contribution >= 4 is 0 Å². The molecule has 1 aromatic rings. The van der Waals surface area contributed by atoms with Crippen LogP contribution < -0.4 is 0 Å². The second kappa shape index (κ2) is 5.16. The Balaban J connectivity index is 1.75. The van der Waals surface area contributed by atoms with Crippen LogP contribution in [0.25, 0.3) is 0 Å². The molecule has 104 valence electrons. The molecule has 2 fully saturated rings. The first-order valence-corrected chi connectivity index (χ1v) is 6.18. The Hall–Kier alpha value is -1.02. The van der Waals surface area contributed by atoms with Crippen LogP contribution in [0.1, 0.15) is 11.9 Å². The normalized spacial score (nSPS) is 42.7. The van der Waals surface area contributed by atoms with Crippen LogP contribution in [0.3, 0.4) is 0 Å². The lowest BCUT2D eigenvalue weighted by Crippen LogP contribution is -2.61. The Kier molecular flexibility index (Phi) is 3.53. The average molecular weight is 268 g/mol. The van der Waals surface area contributed by atoms with Crippen molar-refractivity contribution in [3.8, 4) is 0 Å². The van der Waals surface area contributed by atoms with Gasteiger partial charge in [-0.3, -0.25) is 0 Å². The Morgan fingerprint density at radius 1 is 0.947 bits per heavy atom. The number of rotatable bonds is 1. The molecule has 2 aliphatic rings. The fourth-order valence-electron chi connectivity index (χ4n) is 2.37. The third-order valence-corrected chi connectivity index (χ3v) is 3.42. The number of ether oxygens (including phenoxy) is 3. The first kappa shape index (κ1) is 13.0. The molecule has 6 nitrogen and oxygen atoms in total. The highest BCUT2D eigenvalue weighted by Crippen LogP contribution is 2.33. The van der Waals surface area contributed by atoms with E-state index in [1.165, 1.54) is 0 Å². The van der Waals surface area contributed by atoms with E-state index in [2.05, 4.69) is 0 Å². The number of fused-ring (bicyclic) bond motifs is 1. The van der Waals surface area contributed by atoms with Gasteiger partial charge in [0.25, 0.3) is 0 Å². The third-order valence-electron chi connectivity index (χ3n) is 3.42. The summed E-state index contributed by atoms with van der Waals surface area (Å²) in [5.41, 5.74) is 0.828. The number of benzene rings is 1. The van der Waals surface area contributed by atoms with Crippen molar-refractivity contribution in [3.05, 3.63) is 35.9 Å². The lowest BCUT2D eigenvalue weighted by atomic mass is 9.98. The van der Waals surface area contributed by atoms with Crippen molar-refractivity contribution in [2.45, 2.75) is 37.0 Å². The zero-order valence-corrected chi connectivity index (χ0v) is 10.1. The fraction of sp³-hybridized carbons (Fsp3) is 0.538. The molecule has 0 unspecified atom stereocenters. The van der Waals surface area contributed by atoms with Crippen molar-refractivity contribution < 1.29 is 29.5 Å². The summed E-state index contributed by atoms with van der Waals surface area (Å²) >= 11 is 0. The van der Waals surface area contributed by atoms with E-state index < -0.39 is 37.0 Å². The molecule has 6 heteroatoms. The molecule has 0 aromatic heterocycles. The Morgan fingerprint density at radius 2 is 1.68 bits per heavy atom. The predicted molar refractivity (Wildman–Crippen MR) is 62.9 cm³/mol. The van der Waals surface area contributed by atoms with Crippen molar-refractivity contribution in [2.75, 3.05) is 6.61 Å². The van der Waals surface area contributed by atoms with Crippen LogP contribution in [-0.2, 0) is 14.2 Å². The minimum absolute atomic E-state index is 0.186. The molecule has 3 N–H and O–H groups in total. The molecule has 19 heavy (non-hydrogen) atoms. The van der Waals surface area contributed by atoms with Crippen LogP contribution in [-0.4, -0.2) is 52.6 Å². The quantitative estimate of drug-likeness (QED) is 0.639. The van der Waals surface area contributed by atoms with Gasteiger partial charge in [-0.2, -0.15) is 0 Å². The number of aliphatic hydroxyl groups is 3. The zero-order chi connectivity index (χ0) is 13.4. The SMILES string of the molecule is O[C@@H]1[C@@H](O)[C@H](O)O[C@@H]2CO[C@@H](c3ccccc3)O[C@@H]12. The second-order valence-corrected chi connectivity index (χ2v) is 4.72. The van der Waals surface area contributed by atoms with Crippen LogP contribution in [0.5, 0.6) is 0 Å². The fourth-order valence-corrected chi connectivity index (χ4v) is 2.37. The molecule has 2 aliphatic heterocycles. The molecule has 6 atom stereocenters. The van der Waals surface area contributed by atoms with Gasteiger partial charge in [-0.15, -0.1) is 0 Å². The molecular formula is C13H16O6. The Morgan fingerprint density at radius 3 is 2.42 bits per heavy atom. The van der Waals surface area contributed by atoms with Crippen molar-refractivity contribution in [1.29, 1.82) is 0 Å². The molecule has 0 amide bonds. The Labute approximate surface area is 110 Å². The molecule has 0 radical (unpaired) electrons. The van der Waals surface area contributed by atoms with Crippen LogP contribution in [0.4, 0.5) is 0 Å². The maximum atomic E-state index is 9.94. The molecule has 0 aliphatic carbocycles. The maximum Gasteiger partial charge on any atom is 0.184 e. The third kappa shape index (κ3) is 2.38. The minimum Gasteiger partial charge on any atom is -0.387 e. The predicted octanol–water partition coefficient (Wildman–Crippen LogP) is -0.460. The van der Waals surface area contributed by atoms with E-state index in [0.717, 1.165) is 5.56 Å². The van der Waals surface area contributed by atoms with Gasteiger partial charge in [-0.05, 0) is 0 Å². The van der Waals surface area contributed by atoms with Gasteiger partial charge in [-0.25, -0.2) is 0 Å². The van der Waals surface area contributed by atoms with Crippen LogP contribution in [0.15, 0.2) is 30.3 Å². The van der Waals surface area contributed by atoms with E-state index in [1.807, 2.05) is 30.3 Å². The zero-order valence-electron chi connectivity index (χ0n) is 10.1. The van der Waals surface area contributed by atoms with Gasteiger partial charge in [0, 0.05) is 5.56 Å². The monoisotopic (exact) mass is 268 g/mol. The molecule has 2 heterocycles. The summed E-state index contributed by atoms with van der Waals surface area (Å²) in [6.45, 7) is 0.186. The van der Waals surface area contributed by atoms with Crippen molar-refractivity contribution in [1.82, 2.24) is 0 Å². The van der Waals surface area contributed by atoms with E-state index >= 15 is 0 Å². The van der Waals surface area contributed by atoms with E-state index in [4.69, 9.17) is 14.2 Å². The molecular weight excluding hydrogens is 252 g/mol. The van der Waals surface area contributed by atoms with Crippen LogP contribution in [0.2, 0.25) is 0 Å². The van der Waals surface area contributed by atoms with Gasteiger partial charge in [0.1, 0.15) is 24.4 Å². The van der Waals surface area contributed by atoms with E-state index in [0.29, 0.717) is 0 Å². The highest BCUT2D eigenvalue weighted by atomic mass is 16.7. The highest BCUT2D eigenvalue weighted by Gasteiger charge is 2.48. The summed E-state index contributed by atoms with van der Waals surface area (Å²) in [6, 6.07) is 9.31. The van der Waals surface area contributed by atoms with E-state index in [-0.39, 0.29) is 6.61 Å². The van der Waals surface area contributed by atoms with E-state index in [9.17, 15) is 15.3 Å². The van der Waals surface area contributed by atoms with Crippen molar-refractivity contribution in [2.24, 2.45) is 0 Å². The summed E-state index contributed by atoms with van der Waals surface area (Å²) < 4.78 is 16.3. The summed E-state index contributed by atoms with van der Waals surface area (Å²) in [5, 5.41) is 29.0. The standard InChI is InChI=1S/C13H16O6/c14-9-10(15)12(16)18-8-6-17-13(19-11(8)9)7-4-2-1-3-5-7/h1-5,8-16H,6H2/t8-,9-,10-,11-,12-,13-/m1/s1. The van der Waals surface area contributed by atoms with E-state index in [1.54, 1.807) is 0 Å². The lowest BCUT2D eigenvalue weighted by Gasteiger charge is -2.45. The van der Waals surface area contributed by atoms with Gasteiger partial charge in [-0.1, -0.05) is 30.3 Å². The topological polar surface area (TPSA) is 88.4 Å². The molecule has 0 bridgehead atoms. The second-order valence-electron chi connectivity index (χ2n) is 4.72. The lowest BCUT2D eigenvalue weighted by molar-refractivity contribution is -0.354. The summed E-state index contributed by atoms with van der Waals surface area (Å²) in [6.07, 6.45) is -5.93. The Bertz CT molecular complexity index is 422. The first-order chi connectivity index (χ1) is 9.16.